The summed E-state index contributed by atoms with van der Waals surface area (Å²) < 4.78 is 30.2. The SMILES string of the molecule is Cn1c(C(=O)NS(=O)(=O)c2cc(Cl)cc(Cl)c2)c(-n2c(=O)[nH]c3ccccc3c2=O)c2cc(Cl)ccc21. The summed E-state index contributed by atoms with van der Waals surface area (Å²) in [5.41, 5.74) is -1.20. The summed E-state index contributed by atoms with van der Waals surface area (Å²) in [4.78, 5) is 42.4. The van der Waals surface area contributed by atoms with Gasteiger partial charge < -0.3 is 9.55 Å². The average molecular weight is 578 g/mol. The lowest BCUT2D eigenvalue weighted by Crippen LogP contribution is -2.37. The van der Waals surface area contributed by atoms with Crippen molar-refractivity contribution in [3.63, 3.8) is 0 Å². The van der Waals surface area contributed by atoms with Crippen LogP contribution in [0.5, 0.6) is 0 Å². The molecule has 0 saturated heterocycles. The Hall–Kier alpha value is -3.57. The lowest BCUT2D eigenvalue weighted by atomic mass is 10.2. The van der Waals surface area contributed by atoms with Crippen LogP contribution in [0.15, 0.2) is 75.1 Å². The molecule has 37 heavy (non-hydrogen) atoms. The van der Waals surface area contributed by atoms with E-state index in [0.717, 1.165) is 16.7 Å². The maximum atomic E-state index is 13.5. The molecule has 13 heteroatoms. The van der Waals surface area contributed by atoms with Gasteiger partial charge in [-0.25, -0.2) is 22.5 Å². The predicted octanol–water partition coefficient (Wildman–Crippen LogP) is 4.25. The molecule has 9 nitrogen and oxygen atoms in total. The highest BCUT2D eigenvalue weighted by atomic mass is 35.5. The second kappa shape index (κ2) is 9.07. The van der Waals surface area contributed by atoms with E-state index < -0.39 is 27.2 Å². The number of benzene rings is 3. The van der Waals surface area contributed by atoms with Crippen LogP contribution in [-0.4, -0.2) is 28.4 Å². The molecular formula is C24H15Cl3N4O5S. The van der Waals surface area contributed by atoms with Crippen molar-refractivity contribution in [2.24, 2.45) is 7.05 Å². The van der Waals surface area contributed by atoms with E-state index in [2.05, 4.69) is 4.98 Å². The number of hydrogen-bond acceptors (Lipinski definition) is 5. The van der Waals surface area contributed by atoms with Crippen molar-refractivity contribution in [2.45, 2.75) is 4.90 Å². The van der Waals surface area contributed by atoms with Crippen molar-refractivity contribution in [1.29, 1.82) is 0 Å². The van der Waals surface area contributed by atoms with Gasteiger partial charge in [-0.2, -0.15) is 0 Å². The molecule has 0 aliphatic heterocycles. The van der Waals surface area contributed by atoms with Gasteiger partial charge in [-0.15, -0.1) is 0 Å². The molecule has 188 valence electrons. The van der Waals surface area contributed by atoms with Gasteiger partial charge in [-0.3, -0.25) is 9.59 Å². The zero-order chi connectivity index (χ0) is 26.6. The van der Waals surface area contributed by atoms with Crippen molar-refractivity contribution < 1.29 is 13.2 Å². The normalized spacial score (nSPS) is 11.8. The molecule has 0 radical (unpaired) electrons. The Morgan fingerprint density at radius 1 is 0.892 bits per heavy atom. The number of aryl methyl sites for hydroxylation is 1. The molecule has 2 heterocycles. The minimum absolute atomic E-state index is 0.0505. The highest BCUT2D eigenvalue weighted by Crippen LogP contribution is 2.31. The van der Waals surface area contributed by atoms with E-state index in [1.807, 2.05) is 4.72 Å². The van der Waals surface area contributed by atoms with Gasteiger partial charge in [0.2, 0.25) is 0 Å². The molecule has 3 aromatic carbocycles. The second-order valence-electron chi connectivity index (χ2n) is 8.07. The molecular weight excluding hydrogens is 563 g/mol. The standard InChI is InChI=1S/C24H15Cl3N4O5S/c1-30-19-7-6-12(25)11-17(19)20(31-23(33)16-4-2-3-5-18(16)28-24(31)34)21(30)22(32)29-37(35,36)15-9-13(26)8-14(27)10-15/h2-11H,1H3,(H,28,34)(H,29,32). The zero-order valence-electron chi connectivity index (χ0n) is 18.8. The zero-order valence-corrected chi connectivity index (χ0v) is 21.8. The molecule has 2 N–H and O–H groups in total. The van der Waals surface area contributed by atoms with Crippen LogP contribution in [0.2, 0.25) is 15.1 Å². The van der Waals surface area contributed by atoms with Gasteiger partial charge in [-0.05, 0) is 48.5 Å². The summed E-state index contributed by atoms with van der Waals surface area (Å²) in [6.45, 7) is 0. The lowest BCUT2D eigenvalue weighted by Gasteiger charge is -2.12. The Labute approximate surface area is 223 Å². The third-order valence-electron chi connectivity index (χ3n) is 5.75. The Kier molecular flexibility index (Phi) is 6.15. The highest BCUT2D eigenvalue weighted by molar-refractivity contribution is 7.90. The number of nitrogens with one attached hydrogen (secondary N) is 2. The molecule has 1 amide bonds. The minimum Gasteiger partial charge on any atom is -0.338 e. The molecule has 0 aliphatic carbocycles. The van der Waals surface area contributed by atoms with Crippen molar-refractivity contribution >= 4 is 72.5 Å². The molecule has 5 rings (SSSR count). The predicted molar refractivity (Wildman–Crippen MR) is 143 cm³/mol. The number of carbonyl (C=O) groups excluding carboxylic acids is 1. The minimum atomic E-state index is -4.45. The van der Waals surface area contributed by atoms with Crippen LogP contribution in [0.25, 0.3) is 27.5 Å². The van der Waals surface area contributed by atoms with Crippen LogP contribution in [0.3, 0.4) is 0 Å². The number of aromatic amines is 1. The first-order chi connectivity index (χ1) is 17.5. The molecule has 0 spiro atoms. The Morgan fingerprint density at radius 3 is 2.27 bits per heavy atom. The largest absolute Gasteiger partial charge is 0.338 e. The van der Waals surface area contributed by atoms with Gasteiger partial charge in [-0.1, -0.05) is 46.9 Å². The Balaban J connectivity index is 1.78. The summed E-state index contributed by atoms with van der Waals surface area (Å²) >= 11 is 18.1. The molecule has 5 aromatic rings. The number of nitrogens with zero attached hydrogens (tertiary/aromatic N) is 2. The highest BCUT2D eigenvalue weighted by Gasteiger charge is 2.29. The molecule has 2 aromatic heterocycles. The number of hydrogen-bond donors (Lipinski definition) is 2. The fourth-order valence-corrected chi connectivity index (χ4v) is 6.01. The number of fused-ring (bicyclic) bond motifs is 2. The van der Waals surface area contributed by atoms with E-state index in [1.54, 1.807) is 30.3 Å². The fourth-order valence-electron chi connectivity index (χ4n) is 4.16. The monoisotopic (exact) mass is 576 g/mol. The number of rotatable bonds is 4. The quantitative estimate of drug-likeness (QED) is 0.331. The first-order valence-electron chi connectivity index (χ1n) is 10.5. The second-order valence-corrected chi connectivity index (χ2v) is 11.1. The van der Waals surface area contributed by atoms with Crippen LogP contribution >= 0.6 is 34.8 Å². The van der Waals surface area contributed by atoms with Gasteiger partial charge in [0.1, 0.15) is 5.69 Å². The molecule has 0 saturated carbocycles. The van der Waals surface area contributed by atoms with E-state index in [-0.39, 0.29) is 42.1 Å². The van der Waals surface area contributed by atoms with Crippen LogP contribution in [-0.2, 0) is 17.1 Å². The number of halogens is 3. The van der Waals surface area contributed by atoms with Gasteiger partial charge in [0, 0.05) is 27.5 Å². The van der Waals surface area contributed by atoms with Gasteiger partial charge in [0.25, 0.3) is 21.5 Å². The van der Waals surface area contributed by atoms with E-state index in [9.17, 15) is 22.8 Å². The van der Waals surface area contributed by atoms with Crippen molar-refractivity contribution in [3.8, 4) is 5.69 Å². The van der Waals surface area contributed by atoms with Crippen LogP contribution < -0.4 is 16.0 Å². The lowest BCUT2D eigenvalue weighted by molar-refractivity contribution is 0.0974. The Bertz CT molecular complexity index is 1970. The van der Waals surface area contributed by atoms with Gasteiger partial charge in [0.15, 0.2) is 0 Å². The van der Waals surface area contributed by atoms with Crippen LogP contribution in [0.1, 0.15) is 10.5 Å². The third kappa shape index (κ3) is 4.31. The van der Waals surface area contributed by atoms with E-state index in [1.165, 1.54) is 29.8 Å². The van der Waals surface area contributed by atoms with Crippen LogP contribution in [0, 0.1) is 0 Å². The average Bonchev–Trinajstić information content (AvgIpc) is 3.09. The third-order valence-corrected chi connectivity index (χ3v) is 7.73. The summed E-state index contributed by atoms with van der Waals surface area (Å²) in [5, 5.41) is 0.849. The number of carbonyl (C=O) groups is 1. The molecule has 0 bridgehead atoms. The summed E-state index contributed by atoms with van der Waals surface area (Å²) in [6, 6.07) is 14.6. The van der Waals surface area contributed by atoms with Gasteiger partial charge in [0.05, 0.1) is 27.0 Å². The van der Waals surface area contributed by atoms with Crippen LogP contribution in [0.4, 0.5) is 0 Å². The molecule has 0 atom stereocenters. The molecule has 0 aliphatic rings. The first-order valence-corrected chi connectivity index (χ1v) is 13.2. The first kappa shape index (κ1) is 25.1. The summed E-state index contributed by atoms with van der Waals surface area (Å²) in [7, 11) is -2.95. The Morgan fingerprint density at radius 2 is 1.57 bits per heavy atom. The van der Waals surface area contributed by atoms with E-state index >= 15 is 0 Å². The molecule has 0 fully saturated rings. The van der Waals surface area contributed by atoms with E-state index in [4.69, 9.17) is 34.8 Å². The molecule has 0 unspecified atom stereocenters. The van der Waals surface area contributed by atoms with Crippen molar-refractivity contribution in [1.82, 2.24) is 18.8 Å². The fraction of sp³-hybridized carbons (Fsp3) is 0.0417. The van der Waals surface area contributed by atoms with E-state index in [0.29, 0.717) is 11.0 Å². The number of aromatic nitrogens is 3. The van der Waals surface area contributed by atoms with Gasteiger partial charge >= 0.3 is 5.69 Å². The van der Waals surface area contributed by atoms with Crippen molar-refractivity contribution in [2.75, 3.05) is 0 Å². The number of H-pyrrole nitrogens is 1. The van der Waals surface area contributed by atoms with Crippen molar-refractivity contribution in [3.05, 3.63) is 102 Å². The maximum Gasteiger partial charge on any atom is 0.333 e. The number of sulfonamides is 1. The smallest absolute Gasteiger partial charge is 0.333 e. The number of amides is 1. The topological polar surface area (TPSA) is 123 Å². The number of para-hydroxylation sites is 1. The maximum absolute atomic E-state index is 13.5. The summed E-state index contributed by atoms with van der Waals surface area (Å²) in [6.07, 6.45) is 0. The summed E-state index contributed by atoms with van der Waals surface area (Å²) in [5.74, 6) is -1.10.